The van der Waals surface area contributed by atoms with Crippen LogP contribution in [0.3, 0.4) is 0 Å². The SMILES string of the molecule is CCN[C@H](C)CNS(=O)(=O)c1ccc2oc(C(=O)OCC)c(C)c2c1.Cl. The Morgan fingerprint density at radius 3 is 2.62 bits per heavy atom. The molecule has 1 aromatic carbocycles. The summed E-state index contributed by atoms with van der Waals surface area (Å²) in [5.41, 5.74) is 1.01. The fraction of sp³-hybridized carbons (Fsp3) is 0.471. The topological polar surface area (TPSA) is 97.6 Å². The van der Waals surface area contributed by atoms with Gasteiger partial charge in [0.25, 0.3) is 0 Å². The summed E-state index contributed by atoms with van der Waals surface area (Å²) in [6.45, 7) is 8.56. The van der Waals surface area contributed by atoms with Crippen molar-refractivity contribution in [3.63, 3.8) is 0 Å². The van der Waals surface area contributed by atoms with Crippen LogP contribution in [0.1, 0.15) is 36.9 Å². The number of likely N-dealkylation sites (N-methyl/N-ethyl adjacent to an activating group) is 1. The summed E-state index contributed by atoms with van der Waals surface area (Å²) in [6, 6.07) is 4.54. The fourth-order valence-corrected chi connectivity index (χ4v) is 3.65. The van der Waals surface area contributed by atoms with E-state index in [1.807, 2.05) is 13.8 Å². The van der Waals surface area contributed by atoms with Crippen molar-refractivity contribution < 1.29 is 22.4 Å². The molecule has 0 aliphatic rings. The summed E-state index contributed by atoms with van der Waals surface area (Å²) < 4.78 is 38.0. The van der Waals surface area contributed by atoms with E-state index >= 15 is 0 Å². The smallest absolute Gasteiger partial charge is 0.374 e. The normalized spacial score (nSPS) is 12.6. The fourth-order valence-electron chi connectivity index (χ4n) is 2.50. The minimum absolute atomic E-state index is 0. The second-order valence-corrected chi connectivity index (χ2v) is 7.51. The molecule has 1 aromatic heterocycles. The second-order valence-electron chi connectivity index (χ2n) is 5.75. The second kappa shape index (κ2) is 9.36. The van der Waals surface area contributed by atoms with E-state index in [4.69, 9.17) is 9.15 Å². The molecule has 0 saturated carbocycles. The number of hydrogen-bond acceptors (Lipinski definition) is 6. The highest BCUT2D eigenvalue weighted by molar-refractivity contribution is 7.89. The van der Waals surface area contributed by atoms with Crippen molar-refractivity contribution in [3.05, 3.63) is 29.5 Å². The van der Waals surface area contributed by atoms with Gasteiger partial charge in [-0.2, -0.15) is 0 Å². The molecule has 2 N–H and O–H groups in total. The standard InChI is InChI=1S/C17H24N2O5S.ClH/c1-5-18-11(3)10-19-25(21,22)13-7-8-15-14(9-13)12(4)16(24-15)17(20)23-6-2;/h7-9,11,18-19H,5-6,10H2,1-4H3;1H/t11-;/m1./s1. The molecule has 26 heavy (non-hydrogen) atoms. The molecule has 0 aliphatic carbocycles. The number of benzene rings is 1. The zero-order valence-electron chi connectivity index (χ0n) is 15.3. The third-order valence-corrected chi connectivity index (χ3v) is 5.23. The van der Waals surface area contributed by atoms with Gasteiger partial charge >= 0.3 is 5.97 Å². The van der Waals surface area contributed by atoms with Crippen molar-refractivity contribution in [2.75, 3.05) is 19.7 Å². The molecule has 0 radical (unpaired) electrons. The number of ether oxygens (including phenoxy) is 1. The number of fused-ring (bicyclic) bond motifs is 1. The van der Waals surface area contributed by atoms with E-state index in [9.17, 15) is 13.2 Å². The number of carbonyl (C=O) groups is 1. The van der Waals surface area contributed by atoms with E-state index in [2.05, 4.69) is 10.0 Å². The van der Waals surface area contributed by atoms with E-state index in [0.717, 1.165) is 6.54 Å². The highest BCUT2D eigenvalue weighted by Crippen LogP contribution is 2.28. The molecule has 9 heteroatoms. The van der Waals surface area contributed by atoms with Gasteiger partial charge in [0.15, 0.2) is 0 Å². The quantitative estimate of drug-likeness (QED) is 0.656. The van der Waals surface area contributed by atoms with Crippen LogP contribution in [0.25, 0.3) is 11.0 Å². The summed E-state index contributed by atoms with van der Waals surface area (Å²) in [5.74, 6) is -0.460. The van der Waals surface area contributed by atoms with Crippen LogP contribution in [0, 0.1) is 6.92 Å². The first-order valence-corrected chi connectivity index (χ1v) is 9.71. The van der Waals surface area contributed by atoms with Gasteiger partial charge in [0, 0.05) is 23.5 Å². The molecular formula is C17H25ClN2O5S. The van der Waals surface area contributed by atoms with E-state index in [0.29, 0.717) is 16.5 Å². The van der Waals surface area contributed by atoms with Crippen LogP contribution in [-0.2, 0) is 14.8 Å². The number of nitrogens with one attached hydrogen (secondary N) is 2. The molecule has 0 bridgehead atoms. The van der Waals surface area contributed by atoms with Gasteiger partial charge in [-0.15, -0.1) is 12.4 Å². The van der Waals surface area contributed by atoms with Gasteiger partial charge in [0.05, 0.1) is 11.5 Å². The van der Waals surface area contributed by atoms with Gasteiger partial charge in [-0.3, -0.25) is 0 Å². The molecular weight excluding hydrogens is 380 g/mol. The largest absolute Gasteiger partial charge is 0.460 e. The Balaban J connectivity index is 0.00000338. The van der Waals surface area contributed by atoms with E-state index in [-0.39, 0.29) is 42.3 Å². The van der Waals surface area contributed by atoms with Gasteiger partial charge in [-0.05, 0) is 45.5 Å². The van der Waals surface area contributed by atoms with Crippen LogP contribution in [0.5, 0.6) is 0 Å². The Morgan fingerprint density at radius 2 is 2.00 bits per heavy atom. The van der Waals surface area contributed by atoms with Gasteiger partial charge in [0.2, 0.25) is 15.8 Å². The van der Waals surface area contributed by atoms with Crippen molar-refractivity contribution in [1.82, 2.24) is 10.0 Å². The van der Waals surface area contributed by atoms with E-state index in [1.54, 1.807) is 19.9 Å². The van der Waals surface area contributed by atoms with Crippen LogP contribution in [0.4, 0.5) is 0 Å². The third kappa shape index (κ3) is 4.97. The van der Waals surface area contributed by atoms with Crippen molar-refractivity contribution >= 4 is 39.4 Å². The minimum Gasteiger partial charge on any atom is -0.460 e. The van der Waals surface area contributed by atoms with Crippen molar-refractivity contribution in [1.29, 1.82) is 0 Å². The lowest BCUT2D eigenvalue weighted by atomic mass is 10.1. The van der Waals surface area contributed by atoms with Crippen LogP contribution in [-0.4, -0.2) is 40.1 Å². The van der Waals surface area contributed by atoms with Gasteiger partial charge in [0.1, 0.15) is 5.58 Å². The zero-order chi connectivity index (χ0) is 18.6. The number of esters is 1. The number of sulfonamides is 1. The zero-order valence-corrected chi connectivity index (χ0v) is 16.9. The Kier molecular flexibility index (Phi) is 8.08. The van der Waals surface area contributed by atoms with Gasteiger partial charge < -0.3 is 14.5 Å². The number of hydrogen-bond donors (Lipinski definition) is 2. The predicted octanol–water partition coefficient (Wildman–Crippen LogP) is 2.62. The number of carbonyl (C=O) groups excluding carboxylic acids is 1. The molecule has 146 valence electrons. The average molecular weight is 405 g/mol. The minimum atomic E-state index is -3.65. The third-order valence-electron chi connectivity index (χ3n) is 3.81. The van der Waals surface area contributed by atoms with E-state index in [1.165, 1.54) is 12.1 Å². The molecule has 0 amide bonds. The Labute approximate surface area is 159 Å². The van der Waals surface area contributed by atoms with Crippen LogP contribution < -0.4 is 10.0 Å². The summed E-state index contributed by atoms with van der Waals surface area (Å²) in [5, 5.41) is 3.72. The summed E-state index contributed by atoms with van der Waals surface area (Å²) in [7, 11) is -3.65. The van der Waals surface area contributed by atoms with Crippen LogP contribution in [0.2, 0.25) is 0 Å². The predicted molar refractivity (Wildman–Crippen MR) is 102 cm³/mol. The lowest BCUT2D eigenvalue weighted by molar-refractivity contribution is 0.0491. The van der Waals surface area contributed by atoms with Crippen molar-refractivity contribution in [3.8, 4) is 0 Å². The maximum Gasteiger partial charge on any atom is 0.374 e. The average Bonchev–Trinajstić information content (AvgIpc) is 2.90. The maximum absolute atomic E-state index is 12.5. The Hall–Kier alpha value is -1.61. The molecule has 0 saturated heterocycles. The lowest BCUT2D eigenvalue weighted by Gasteiger charge is -2.13. The molecule has 2 aromatic rings. The number of rotatable bonds is 8. The molecule has 0 spiro atoms. The monoisotopic (exact) mass is 404 g/mol. The van der Waals surface area contributed by atoms with Crippen LogP contribution in [0.15, 0.2) is 27.5 Å². The number of halogens is 1. The summed E-state index contributed by atoms with van der Waals surface area (Å²) in [6.07, 6.45) is 0. The number of furan rings is 1. The van der Waals surface area contributed by atoms with Crippen molar-refractivity contribution in [2.45, 2.75) is 38.6 Å². The number of aryl methyl sites for hydroxylation is 1. The van der Waals surface area contributed by atoms with Gasteiger partial charge in [-0.1, -0.05) is 6.92 Å². The summed E-state index contributed by atoms with van der Waals surface area (Å²) >= 11 is 0. The molecule has 7 nitrogen and oxygen atoms in total. The Morgan fingerprint density at radius 1 is 1.31 bits per heavy atom. The molecule has 0 fully saturated rings. The molecule has 2 rings (SSSR count). The molecule has 1 heterocycles. The first-order chi connectivity index (χ1) is 11.8. The highest BCUT2D eigenvalue weighted by atomic mass is 35.5. The summed E-state index contributed by atoms with van der Waals surface area (Å²) in [4.78, 5) is 12.0. The highest BCUT2D eigenvalue weighted by Gasteiger charge is 2.21. The lowest BCUT2D eigenvalue weighted by Crippen LogP contribution is -2.38. The Bertz CT molecular complexity index is 863. The molecule has 0 aliphatic heterocycles. The van der Waals surface area contributed by atoms with Crippen LogP contribution >= 0.6 is 12.4 Å². The molecule has 0 unspecified atom stereocenters. The maximum atomic E-state index is 12.5. The van der Waals surface area contributed by atoms with Crippen molar-refractivity contribution in [2.24, 2.45) is 0 Å². The van der Waals surface area contributed by atoms with Gasteiger partial charge in [-0.25, -0.2) is 17.9 Å². The van der Waals surface area contributed by atoms with E-state index < -0.39 is 16.0 Å². The molecule has 1 atom stereocenters. The first-order valence-electron chi connectivity index (χ1n) is 8.23. The first kappa shape index (κ1) is 22.4.